The number of nitrogens with zero attached hydrogens (tertiary/aromatic N) is 1. The van der Waals surface area contributed by atoms with Gasteiger partial charge in [0.15, 0.2) is 0 Å². The van der Waals surface area contributed by atoms with Crippen molar-refractivity contribution in [3.8, 4) is 6.07 Å². The van der Waals surface area contributed by atoms with Crippen molar-refractivity contribution in [2.45, 2.75) is 0 Å². The molecule has 1 N–H and O–H groups in total. The number of rotatable bonds is 2. The smallest absolute Gasteiger partial charge is 0.258 e. The van der Waals surface area contributed by atoms with Crippen LogP contribution in [0.25, 0.3) is 0 Å². The molecule has 6 heteroatoms. The average molecular weight is 309 g/mol. The molecule has 0 aromatic heterocycles. The lowest BCUT2D eigenvalue weighted by Gasteiger charge is -2.08. The zero-order chi connectivity index (χ0) is 14.7. The van der Waals surface area contributed by atoms with Crippen molar-refractivity contribution in [2.24, 2.45) is 0 Å². The fraction of sp³-hybridized carbons (Fsp3) is 0. The zero-order valence-electron chi connectivity index (χ0n) is 9.95. The van der Waals surface area contributed by atoms with Crippen molar-refractivity contribution in [2.75, 3.05) is 5.32 Å². The summed E-state index contributed by atoms with van der Waals surface area (Å²) in [7, 11) is 0. The van der Waals surface area contributed by atoms with Gasteiger partial charge in [-0.05, 0) is 36.4 Å². The van der Waals surface area contributed by atoms with Gasteiger partial charge in [-0.2, -0.15) is 5.26 Å². The fourth-order valence-electron chi connectivity index (χ4n) is 1.58. The lowest BCUT2D eigenvalue weighted by Crippen LogP contribution is -2.14. The number of nitriles is 1. The Morgan fingerprint density at radius 2 is 1.80 bits per heavy atom. The summed E-state index contributed by atoms with van der Waals surface area (Å²) < 4.78 is 13.6. The first-order valence-corrected chi connectivity index (χ1v) is 6.23. The highest BCUT2D eigenvalue weighted by atomic mass is 35.5. The number of benzene rings is 2. The monoisotopic (exact) mass is 308 g/mol. The Morgan fingerprint density at radius 3 is 2.45 bits per heavy atom. The fourth-order valence-corrected chi connectivity index (χ4v) is 1.91. The molecular formula is C14H7Cl2FN2O. The Labute approximate surface area is 124 Å². The Morgan fingerprint density at radius 1 is 1.15 bits per heavy atom. The lowest BCUT2D eigenvalue weighted by atomic mass is 10.1. The largest absolute Gasteiger partial charge is 0.321 e. The van der Waals surface area contributed by atoms with E-state index in [4.69, 9.17) is 28.5 Å². The quantitative estimate of drug-likeness (QED) is 0.901. The molecule has 0 fully saturated rings. The van der Waals surface area contributed by atoms with Gasteiger partial charge >= 0.3 is 0 Å². The summed E-state index contributed by atoms with van der Waals surface area (Å²) in [6.07, 6.45) is 0. The Balaban J connectivity index is 2.33. The summed E-state index contributed by atoms with van der Waals surface area (Å²) in [6, 6.07) is 10.0. The first-order valence-electron chi connectivity index (χ1n) is 5.47. The first-order chi connectivity index (χ1) is 9.51. The second-order valence-corrected chi connectivity index (χ2v) is 4.75. The standard InChI is InChI=1S/C14H7Cl2FN2O/c15-9-3-4-11(12(17)5-9)14(20)19-13-6-10(16)2-1-8(13)7-18/h1-6H,(H,19,20). The van der Waals surface area contributed by atoms with Gasteiger partial charge in [0.25, 0.3) is 5.91 Å². The SMILES string of the molecule is N#Cc1ccc(Cl)cc1NC(=O)c1ccc(Cl)cc1F. The van der Waals surface area contributed by atoms with Crippen molar-refractivity contribution in [3.63, 3.8) is 0 Å². The van der Waals surface area contributed by atoms with Crippen LogP contribution in [0.5, 0.6) is 0 Å². The van der Waals surface area contributed by atoms with Gasteiger partial charge in [-0.25, -0.2) is 4.39 Å². The summed E-state index contributed by atoms with van der Waals surface area (Å²) in [4.78, 5) is 12.0. The minimum atomic E-state index is -0.740. The molecule has 0 atom stereocenters. The maximum atomic E-state index is 13.6. The van der Waals surface area contributed by atoms with Crippen molar-refractivity contribution in [1.82, 2.24) is 0 Å². The third-order valence-corrected chi connectivity index (χ3v) is 3.00. The number of carbonyl (C=O) groups excluding carboxylic acids is 1. The second-order valence-electron chi connectivity index (χ2n) is 3.88. The van der Waals surface area contributed by atoms with E-state index in [2.05, 4.69) is 5.32 Å². The zero-order valence-corrected chi connectivity index (χ0v) is 11.5. The van der Waals surface area contributed by atoms with Crippen LogP contribution in [0.4, 0.5) is 10.1 Å². The summed E-state index contributed by atoms with van der Waals surface area (Å²) in [5.41, 5.74) is 0.287. The van der Waals surface area contributed by atoms with E-state index in [1.54, 1.807) is 0 Å². The molecule has 0 heterocycles. The summed E-state index contributed by atoms with van der Waals surface area (Å²) in [5, 5.41) is 11.9. The van der Waals surface area contributed by atoms with Gasteiger partial charge in [-0.15, -0.1) is 0 Å². The highest BCUT2D eigenvalue weighted by Crippen LogP contribution is 2.22. The molecule has 100 valence electrons. The Hall–Kier alpha value is -2.09. The number of halogens is 3. The van der Waals surface area contributed by atoms with Crippen LogP contribution in [0.15, 0.2) is 36.4 Å². The average Bonchev–Trinajstić information content (AvgIpc) is 2.38. The van der Waals surface area contributed by atoms with Crippen LogP contribution in [-0.4, -0.2) is 5.91 Å². The van der Waals surface area contributed by atoms with Gasteiger partial charge in [-0.1, -0.05) is 23.2 Å². The van der Waals surface area contributed by atoms with Crippen molar-refractivity contribution in [1.29, 1.82) is 5.26 Å². The summed E-state index contributed by atoms with van der Waals surface area (Å²) in [6.45, 7) is 0. The summed E-state index contributed by atoms with van der Waals surface area (Å²) in [5.74, 6) is -1.42. The van der Waals surface area contributed by atoms with Crippen LogP contribution in [-0.2, 0) is 0 Å². The molecule has 0 aliphatic heterocycles. The number of hydrogen-bond donors (Lipinski definition) is 1. The van der Waals surface area contributed by atoms with Crippen molar-refractivity contribution < 1.29 is 9.18 Å². The number of hydrogen-bond acceptors (Lipinski definition) is 2. The summed E-state index contributed by atoms with van der Waals surface area (Å²) >= 11 is 11.4. The highest BCUT2D eigenvalue weighted by Gasteiger charge is 2.14. The van der Waals surface area contributed by atoms with E-state index in [9.17, 15) is 9.18 Å². The van der Waals surface area contributed by atoms with E-state index in [1.807, 2.05) is 6.07 Å². The van der Waals surface area contributed by atoms with Gasteiger partial charge in [0, 0.05) is 10.0 Å². The van der Waals surface area contributed by atoms with Crippen LogP contribution in [0, 0.1) is 17.1 Å². The van der Waals surface area contributed by atoms with Gasteiger partial charge in [0.05, 0.1) is 16.8 Å². The van der Waals surface area contributed by atoms with Crippen LogP contribution >= 0.6 is 23.2 Å². The predicted molar refractivity (Wildman–Crippen MR) is 75.5 cm³/mol. The van der Waals surface area contributed by atoms with Crippen LogP contribution in [0.1, 0.15) is 15.9 Å². The Kier molecular flexibility index (Phi) is 4.23. The van der Waals surface area contributed by atoms with E-state index in [0.717, 1.165) is 6.07 Å². The van der Waals surface area contributed by atoms with E-state index < -0.39 is 11.7 Å². The maximum Gasteiger partial charge on any atom is 0.258 e. The predicted octanol–water partition coefficient (Wildman–Crippen LogP) is 4.26. The molecule has 0 saturated heterocycles. The van der Waals surface area contributed by atoms with E-state index >= 15 is 0 Å². The molecule has 0 bridgehead atoms. The number of anilines is 1. The van der Waals surface area contributed by atoms with Crippen molar-refractivity contribution >= 4 is 34.8 Å². The van der Waals surface area contributed by atoms with Crippen LogP contribution in [0.2, 0.25) is 10.0 Å². The van der Waals surface area contributed by atoms with Gasteiger partial charge in [0.2, 0.25) is 0 Å². The third kappa shape index (κ3) is 3.08. The minimum absolute atomic E-state index is 0.168. The molecule has 0 aliphatic rings. The lowest BCUT2D eigenvalue weighted by molar-refractivity contribution is 0.102. The molecule has 2 aromatic rings. The van der Waals surface area contributed by atoms with Crippen LogP contribution in [0.3, 0.4) is 0 Å². The van der Waals surface area contributed by atoms with Crippen molar-refractivity contribution in [3.05, 3.63) is 63.4 Å². The number of amides is 1. The molecular weight excluding hydrogens is 302 g/mol. The second kappa shape index (κ2) is 5.91. The minimum Gasteiger partial charge on any atom is -0.321 e. The third-order valence-electron chi connectivity index (χ3n) is 2.53. The molecule has 0 aliphatic carbocycles. The molecule has 0 unspecified atom stereocenters. The van der Waals surface area contributed by atoms with Crippen LogP contribution < -0.4 is 5.32 Å². The van der Waals surface area contributed by atoms with E-state index in [1.165, 1.54) is 30.3 Å². The molecule has 0 radical (unpaired) electrons. The molecule has 2 rings (SSSR count). The highest BCUT2D eigenvalue weighted by molar-refractivity contribution is 6.31. The first kappa shape index (κ1) is 14.3. The Bertz CT molecular complexity index is 726. The molecule has 1 amide bonds. The molecule has 0 saturated carbocycles. The molecule has 2 aromatic carbocycles. The number of carbonyl (C=O) groups is 1. The maximum absolute atomic E-state index is 13.6. The molecule has 20 heavy (non-hydrogen) atoms. The molecule has 3 nitrogen and oxygen atoms in total. The van der Waals surface area contributed by atoms with Gasteiger partial charge in [0.1, 0.15) is 11.9 Å². The van der Waals surface area contributed by atoms with Gasteiger partial charge < -0.3 is 5.32 Å². The normalized spacial score (nSPS) is 9.90. The van der Waals surface area contributed by atoms with E-state index in [0.29, 0.717) is 5.02 Å². The topological polar surface area (TPSA) is 52.9 Å². The number of nitrogens with one attached hydrogen (secondary N) is 1. The van der Waals surface area contributed by atoms with E-state index in [-0.39, 0.29) is 21.8 Å². The van der Waals surface area contributed by atoms with Gasteiger partial charge in [-0.3, -0.25) is 4.79 Å². The molecule has 0 spiro atoms.